The lowest BCUT2D eigenvalue weighted by molar-refractivity contribution is 0.454. The van der Waals surface area contributed by atoms with Crippen LogP contribution in [0.2, 0.25) is 0 Å². The predicted octanol–water partition coefficient (Wildman–Crippen LogP) is 9.78. The van der Waals surface area contributed by atoms with Gasteiger partial charge < -0.3 is 5.32 Å². The van der Waals surface area contributed by atoms with Crippen LogP contribution in [0.4, 0.5) is 5.69 Å². The van der Waals surface area contributed by atoms with Gasteiger partial charge in [0.2, 0.25) is 0 Å². The molecule has 1 atom stereocenters. The van der Waals surface area contributed by atoms with Gasteiger partial charge in [0.15, 0.2) is 0 Å². The van der Waals surface area contributed by atoms with Crippen molar-refractivity contribution in [1.82, 2.24) is 0 Å². The fourth-order valence-electron chi connectivity index (χ4n) is 4.22. The number of rotatable bonds is 21. The summed E-state index contributed by atoms with van der Waals surface area (Å²) in [6.07, 6.45) is 23.5. The van der Waals surface area contributed by atoms with Crippen molar-refractivity contribution in [2.75, 3.05) is 17.7 Å². The van der Waals surface area contributed by atoms with E-state index in [9.17, 15) is 0 Å². The van der Waals surface area contributed by atoms with E-state index in [0.29, 0.717) is 0 Å². The van der Waals surface area contributed by atoms with Crippen molar-refractivity contribution in [1.29, 1.82) is 0 Å². The van der Waals surface area contributed by atoms with E-state index in [1.165, 1.54) is 114 Å². The van der Waals surface area contributed by atoms with Gasteiger partial charge in [-0.2, -0.15) is 0 Å². The molecular formula is C28H50ClN. The fraction of sp³-hybridized carbons (Fsp3) is 0.786. The van der Waals surface area contributed by atoms with Gasteiger partial charge >= 0.3 is 0 Å². The van der Waals surface area contributed by atoms with Gasteiger partial charge in [-0.3, -0.25) is 0 Å². The Balaban J connectivity index is 1.88. The van der Waals surface area contributed by atoms with Crippen molar-refractivity contribution in [3.63, 3.8) is 0 Å². The van der Waals surface area contributed by atoms with E-state index in [2.05, 4.69) is 43.4 Å². The highest BCUT2D eigenvalue weighted by Gasteiger charge is 2.06. The zero-order chi connectivity index (χ0) is 21.7. The highest BCUT2D eigenvalue weighted by molar-refractivity contribution is 6.17. The van der Waals surface area contributed by atoms with Gasteiger partial charge in [-0.1, -0.05) is 116 Å². The third-order valence-electron chi connectivity index (χ3n) is 6.53. The molecule has 1 N–H and O–H groups in total. The summed E-state index contributed by atoms with van der Waals surface area (Å²) in [4.78, 5) is 0. The molecule has 0 saturated heterocycles. The minimum absolute atomic E-state index is 0.811. The molecule has 0 spiro atoms. The van der Waals surface area contributed by atoms with Crippen molar-refractivity contribution in [2.45, 2.75) is 123 Å². The van der Waals surface area contributed by atoms with Crippen LogP contribution < -0.4 is 5.32 Å². The zero-order valence-electron chi connectivity index (χ0n) is 20.2. The van der Waals surface area contributed by atoms with Gasteiger partial charge in [0.1, 0.15) is 0 Å². The van der Waals surface area contributed by atoms with Crippen LogP contribution in [0, 0.1) is 5.92 Å². The monoisotopic (exact) mass is 435 g/mol. The van der Waals surface area contributed by atoms with Crippen LogP contribution in [0.15, 0.2) is 24.3 Å². The number of halogens is 1. The standard InChI is InChI=1S/C28H50ClN/c1-3-26-20-22-28(23-21-26)30-25-27(4-2)19-17-15-13-11-9-7-5-6-8-10-12-14-16-18-24-29/h20-23,27,30H,3-19,24-25H2,1-2H3. The molecule has 1 unspecified atom stereocenters. The van der Waals surface area contributed by atoms with E-state index in [4.69, 9.17) is 11.6 Å². The first-order valence-electron chi connectivity index (χ1n) is 13.2. The zero-order valence-corrected chi connectivity index (χ0v) is 21.0. The molecule has 1 aromatic carbocycles. The highest BCUT2D eigenvalue weighted by atomic mass is 35.5. The van der Waals surface area contributed by atoms with Gasteiger partial charge in [-0.15, -0.1) is 11.6 Å². The lowest BCUT2D eigenvalue weighted by Gasteiger charge is -2.16. The molecule has 0 radical (unpaired) electrons. The second-order valence-electron chi connectivity index (χ2n) is 9.13. The Morgan fingerprint density at radius 1 is 0.667 bits per heavy atom. The summed E-state index contributed by atoms with van der Waals surface area (Å²) in [5.41, 5.74) is 2.69. The van der Waals surface area contributed by atoms with Crippen LogP contribution >= 0.6 is 11.6 Å². The molecule has 30 heavy (non-hydrogen) atoms. The molecule has 0 aliphatic carbocycles. The van der Waals surface area contributed by atoms with Gasteiger partial charge in [0, 0.05) is 18.1 Å². The summed E-state index contributed by atoms with van der Waals surface area (Å²) >= 11 is 5.71. The van der Waals surface area contributed by atoms with Crippen molar-refractivity contribution >= 4 is 17.3 Å². The minimum Gasteiger partial charge on any atom is -0.385 e. The number of benzene rings is 1. The first kappa shape index (κ1) is 27.3. The van der Waals surface area contributed by atoms with Crippen molar-refractivity contribution in [3.05, 3.63) is 29.8 Å². The Labute approximate surface area is 193 Å². The molecule has 174 valence electrons. The maximum absolute atomic E-state index is 5.71. The van der Waals surface area contributed by atoms with E-state index in [1.807, 2.05) is 0 Å². The number of anilines is 1. The third kappa shape index (κ3) is 15.2. The molecule has 0 amide bonds. The number of aryl methyl sites for hydroxylation is 1. The van der Waals surface area contributed by atoms with E-state index in [1.54, 1.807) is 0 Å². The molecule has 0 fully saturated rings. The average Bonchev–Trinajstić information content (AvgIpc) is 2.78. The molecule has 0 saturated carbocycles. The molecule has 0 bridgehead atoms. The lowest BCUT2D eigenvalue weighted by atomic mass is 9.97. The van der Waals surface area contributed by atoms with Crippen LogP contribution in [-0.2, 0) is 6.42 Å². The topological polar surface area (TPSA) is 12.0 Å². The third-order valence-corrected chi connectivity index (χ3v) is 6.80. The Morgan fingerprint density at radius 2 is 1.13 bits per heavy atom. The molecular weight excluding hydrogens is 386 g/mol. The molecule has 0 aromatic heterocycles. The summed E-state index contributed by atoms with van der Waals surface area (Å²) < 4.78 is 0. The van der Waals surface area contributed by atoms with Crippen LogP contribution in [0.1, 0.15) is 122 Å². The largest absolute Gasteiger partial charge is 0.385 e. The van der Waals surface area contributed by atoms with Crippen molar-refractivity contribution in [3.8, 4) is 0 Å². The van der Waals surface area contributed by atoms with E-state index in [-0.39, 0.29) is 0 Å². The van der Waals surface area contributed by atoms with Gasteiger partial charge in [0.25, 0.3) is 0 Å². The summed E-state index contributed by atoms with van der Waals surface area (Å²) in [5, 5.41) is 3.64. The van der Waals surface area contributed by atoms with Gasteiger partial charge in [-0.05, 0) is 42.9 Å². The normalized spacial score (nSPS) is 12.2. The first-order valence-corrected chi connectivity index (χ1v) is 13.7. The van der Waals surface area contributed by atoms with E-state index >= 15 is 0 Å². The molecule has 0 aliphatic rings. The first-order chi connectivity index (χ1) is 14.8. The number of alkyl halides is 1. The van der Waals surface area contributed by atoms with Gasteiger partial charge in [-0.25, -0.2) is 0 Å². The highest BCUT2D eigenvalue weighted by Crippen LogP contribution is 2.18. The minimum atomic E-state index is 0.811. The van der Waals surface area contributed by atoms with Gasteiger partial charge in [0.05, 0.1) is 0 Å². The maximum atomic E-state index is 5.71. The summed E-state index contributed by atoms with van der Waals surface area (Å²) in [6, 6.07) is 8.95. The van der Waals surface area contributed by atoms with Crippen LogP contribution in [-0.4, -0.2) is 12.4 Å². The Morgan fingerprint density at radius 3 is 1.57 bits per heavy atom. The molecule has 2 heteroatoms. The Bertz CT molecular complexity index is 470. The Kier molecular flexibility index (Phi) is 18.4. The van der Waals surface area contributed by atoms with Crippen LogP contribution in [0.5, 0.6) is 0 Å². The number of hydrogen-bond donors (Lipinski definition) is 1. The predicted molar refractivity (Wildman–Crippen MR) is 138 cm³/mol. The molecule has 1 rings (SSSR count). The van der Waals surface area contributed by atoms with Crippen molar-refractivity contribution < 1.29 is 0 Å². The summed E-state index contributed by atoms with van der Waals surface area (Å²) in [5.74, 6) is 1.65. The number of unbranched alkanes of at least 4 members (excludes halogenated alkanes) is 13. The average molecular weight is 436 g/mol. The number of hydrogen-bond acceptors (Lipinski definition) is 1. The smallest absolute Gasteiger partial charge is 0.0340 e. The van der Waals surface area contributed by atoms with E-state index < -0.39 is 0 Å². The van der Waals surface area contributed by atoms with Crippen LogP contribution in [0.25, 0.3) is 0 Å². The second-order valence-corrected chi connectivity index (χ2v) is 9.51. The van der Waals surface area contributed by atoms with Crippen molar-refractivity contribution in [2.24, 2.45) is 5.92 Å². The SMILES string of the molecule is CCc1ccc(NCC(CC)CCCCCCCCCCCCCCCCCl)cc1. The molecule has 0 heterocycles. The summed E-state index contributed by atoms with van der Waals surface area (Å²) in [6.45, 7) is 5.67. The molecule has 1 aromatic rings. The number of nitrogens with one attached hydrogen (secondary N) is 1. The second kappa shape index (κ2) is 20.2. The lowest BCUT2D eigenvalue weighted by Crippen LogP contribution is -2.13. The maximum Gasteiger partial charge on any atom is 0.0340 e. The quantitative estimate of drug-likeness (QED) is 0.149. The Hall–Kier alpha value is -0.690. The molecule has 1 nitrogen and oxygen atoms in total. The summed E-state index contributed by atoms with van der Waals surface area (Å²) in [7, 11) is 0. The van der Waals surface area contributed by atoms with E-state index in [0.717, 1.165) is 24.8 Å². The fourth-order valence-corrected chi connectivity index (χ4v) is 4.41. The van der Waals surface area contributed by atoms with Crippen LogP contribution in [0.3, 0.4) is 0 Å². The molecule has 0 aliphatic heterocycles.